The summed E-state index contributed by atoms with van der Waals surface area (Å²) in [4.78, 5) is 10.3. The molecule has 0 spiro atoms. The summed E-state index contributed by atoms with van der Waals surface area (Å²) in [6, 6.07) is 4.41. The van der Waals surface area contributed by atoms with Gasteiger partial charge < -0.3 is 10.5 Å². The van der Waals surface area contributed by atoms with Gasteiger partial charge in [-0.05, 0) is 12.6 Å². The van der Waals surface area contributed by atoms with Crippen LogP contribution in [0.1, 0.15) is 5.01 Å². The van der Waals surface area contributed by atoms with Crippen LogP contribution in [-0.4, -0.2) is 28.8 Å². The molecule has 1 aromatic carbocycles. The number of nitrogens with two attached hydrogens (primary N) is 1. The zero-order valence-corrected chi connectivity index (χ0v) is 11.0. The van der Waals surface area contributed by atoms with Crippen LogP contribution in [0.5, 0.6) is 5.75 Å². The molecule has 0 saturated carbocycles. The number of ether oxygens (including phenoxy) is 1. The first kappa shape index (κ1) is 13.4. The third-order valence-electron chi connectivity index (χ3n) is 2.45. The molecular weight excluding hydrogens is 268 g/mol. The lowest BCUT2D eigenvalue weighted by molar-refractivity contribution is -0.384. The fourth-order valence-electron chi connectivity index (χ4n) is 1.56. The molecule has 0 unspecified atom stereocenters. The van der Waals surface area contributed by atoms with Crippen molar-refractivity contribution < 1.29 is 9.66 Å². The predicted octanol–water partition coefficient (Wildman–Crippen LogP) is 1.62. The minimum atomic E-state index is -0.466. The Morgan fingerprint density at radius 1 is 1.47 bits per heavy atom. The normalized spacial score (nSPS) is 10.4. The maximum absolute atomic E-state index is 10.7. The van der Waals surface area contributed by atoms with Gasteiger partial charge in [0.2, 0.25) is 0 Å². The van der Waals surface area contributed by atoms with Crippen molar-refractivity contribution >= 4 is 17.0 Å². The van der Waals surface area contributed by atoms with Crippen molar-refractivity contribution in [2.45, 2.75) is 6.42 Å². The van der Waals surface area contributed by atoms with Crippen molar-refractivity contribution in [1.29, 1.82) is 0 Å². The van der Waals surface area contributed by atoms with E-state index < -0.39 is 4.92 Å². The van der Waals surface area contributed by atoms with Gasteiger partial charge in [0.15, 0.2) is 5.01 Å². The van der Waals surface area contributed by atoms with Crippen molar-refractivity contribution in [3.05, 3.63) is 33.3 Å². The predicted molar refractivity (Wildman–Crippen MR) is 71.3 cm³/mol. The first-order valence-corrected chi connectivity index (χ1v) is 6.32. The Kier molecular flexibility index (Phi) is 4.03. The molecule has 0 aliphatic heterocycles. The first-order chi connectivity index (χ1) is 9.15. The van der Waals surface area contributed by atoms with E-state index in [1.807, 2.05) is 0 Å². The highest BCUT2D eigenvalue weighted by atomic mass is 32.1. The molecule has 1 aromatic heterocycles. The van der Waals surface area contributed by atoms with Crippen LogP contribution in [-0.2, 0) is 6.42 Å². The van der Waals surface area contributed by atoms with Crippen molar-refractivity contribution in [1.82, 2.24) is 10.2 Å². The number of hydrogen-bond donors (Lipinski definition) is 1. The standard InChI is InChI=1S/C11H12N4O3S/c1-18-9-6-7(15(16)17)2-3-8(9)11-14-13-10(19-11)4-5-12/h2-3,6H,4-5,12H2,1H3. The van der Waals surface area contributed by atoms with Crippen LogP contribution in [0.3, 0.4) is 0 Å². The number of nitrogens with zero attached hydrogens (tertiary/aromatic N) is 3. The van der Waals surface area contributed by atoms with Crippen molar-refractivity contribution in [3.8, 4) is 16.3 Å². The summed E-state index contributed by atoms with van der Waals surface area (Å²) in [5.41, 5.74) is 6.12. The fraction of sp³-hybridized carbons (Fsp3) is 0.273. The molecule has 7 nitrogen and oxygen atoms in total. The molecule has 0 aliphatic rings. The van der Waals surface area contributed by atoms with Crippen LogP contribution in [0, 0.1) is 10.1 Å². The van der Waals surface area contributed by atoms with E-state index in [0.717, 1.165) is 5.01 Å². The zero-order chi connectivity index (χ0) is 13.8. The first-order valence-electron chi connectivity index (χ1n) is 5.51. The Morgan fingerprint density at radius 3 is 2.89 bits per heavy atom. The second-order valence-corrected chi connectivity index (χ2v) is 4.74. The summed E-state index contributed by atoms with van der Waals surface area (Å²) < 4.78 is 5.17. The van der Waals surface area contributed by atoms with E-state index in [1.165, 1.54) is 30.6 Å². The number of methoxy groups -OCH3 is 1. The van der Waals surface area contributed by atoms with Gasteiger partial charge in [0.1, 0.15) is 10.8 Å². The highest BCUT2D eigenvalue weighted by molar-refractivity contribution is 7.14. The summed E-state index contributed by atoms with van der Waals surface area (Å²) >= 11 is 1.40. The fourth-order valence-corrected chi connectivity index (χ4v) is 2.44. The molecular formula is C11H12N4O3S. The van der Waals surface area contributed by atoms with Crippen LogP contribution in [0.15, 0.2) is 18.2 Å². The summed E-state index contributed by atoms with van der Waals surface area (Å²) in [5, 5.41) is 20.3. The SMILES string of the molecule is COc1cc([N+](=O)[O-])ccc1-c1nnc(CCN)s1. The molecule has 2 rings (SSSR count). The number of benzene rings is 1. The van der Waals surface area contributed by atoms with Gasteiger partial charge in [0, 0.05) is 12.5 Å². The number of nitro benzene ring substituents is 1. The van der Waals surface area contributed by atoms with Crippen molar-refractivity contribution in [3.63, 3.8) is 0 Å². The van der Waals surface area contributed by atoms with E-state index in [-0.39, 0.29) is 5.69 Å². The minimum Gasteiger partial charge on any atom is -0.496 e. The van der Waals surface area contributed by atoms with Gasteiger partial charge in [0.25, 0.3) is 5.69 Å². The second kappa shape index (κ2) is 5.72. The lowest BCUT2D eigenvalue weighted by Gasteiger charge is -2.04. The molecule has 2 aromatic rings. The molecule has 100 valence electrons. The molecule has 0 fully saturated rings. The van der Waals surface area contributed by atoms with E-state index in [0.29, 0.717) is 29.3 Å². The molecule has 0 saturated heterocycles. The van der Waals surface area contributed by atoms with Gasteiger partial charge in [-0.25, -0.2) is 0 Å². The van der Waals surface area contributed by atoms with E-state index in [2.05, 4.69) is 10.2 Å². The maximum atomic E-state index is 10.7. The molecule has 0 atom stereocenters. The van der Waals surface area contributed by atoms with Crippen LogP contribution in [0.25, 0.3) is 10.6 Å². The highest BCUT2D eigenvalue weighted by Gasteiger charge is 2.15. The second-order valence-electron chi connectivity index (χ2n) is 3.68. The molecule has 19 heavy (non-hydrogen) atoms. The monoisotopic (exact) mass is 280 g/mol. The Labute approximate surface area is 113 Å². The van der Waals surface area contributed by atoms with Gasteiger partial charge in [-0.2, -0.15) is 0 Å². The number of hydrogen-bond acceptors (Lipinski definition) is 7. The quantitative estimate of drug-likeness (QED) is 0.659. The van der Waals surface area contributed by atoms with Gasteiger partial charge in [-0.3, -0.25) is 10.1 Å². The van der Waals surface area contributed by atoms with Gasteiger partial charge in [-0.15, -0.1) is 10.2 Å². The summed E-state index contributed by atoms with van der Waals surface area (Å²) in [7, 11) is 1.46. The summed E-state index contributed by atoms with van der Waals surface area (Å²) in [6.45, 7) is 0.506. The van der Waals surface area contributed by atoms with E-state index in [9.17, 15) is 10.1 Å². The molecule has 0 aliphatic carbocycles. The third-order valence-corrected chi connectivity index (χ3v) is 3.47. The maximum Gasteiger partial charge on any atom is 0.273 e. The van der Waals surface area contributed by atoms with E-state index >= 15 is 0 Å². The van der Waals surface area contributed by atoms with Crippen LogP contribution < -0.4 is 10.5 Å². The Bertz CT molecular complexity index is 599. The Hall–Kier alpha value is -2.06. The van der Waals surface area contributed by atoms with Crippen LogP contribution in [0.2, 0.25) is 0 Å². The smallest absolute Gasteiger partial charge is 0.273 e. The molecule has 0 bridgehead atoms. The Balaban J connectivity index is 2.40. The molecule has 2 N–H and O–H groups in total. The minimum absolute atomic E-state index is 0.0210. The van der Waals surface area contributed by atoms with E-state index in [4.69, 9.17) is 10.5 Å². The molecule has 0 radical (unpaired) electrons. The van der Waals surface area contributed by atoms with Crippen molar-refractivity contribution in [2.24, 2.45) is 5.73 Å². The average molecular weight is 280 g/mol. The molecule has 1 heterocycles. The number of nitro groups is 1. The zero-order valence-electron chi connectivity index (χ0n) is 10.2. The molecule has 8 heteroatoms. The van der Waals surface area contributed by atoms with E-state index in [1.54, 1.807) is 6.07 Å². The lowest BCUT2D eigenvalue weighted by atomic mass is 10.2. The molecule has 0 amide bonds. The van der Waals surface area contributed by atoms with Crippen LogP contribution >= 0.6 is 11.3 Å². The summed E-state index contributed by atoms with van der Waals surface area (Å²) in [5.74, 6) is 0.407. The lowest BCUT2D eigenvalue weighted by Crippen LogP contribution is -2.01. The highest BCUT2D eigenvalue weighted by Crippen LogP contribution is 2.34. The van der Waals surface area contributed by atoms with Gasteiger partial charge >= 0.3 is 0 Å². The number of non-ortho nitro benzene ring substituents is 1. The third kappa shape index (κ3) is 2.85. The Morgan fingerprint density at radius 2 is 2.26 bits per heavy atom. The van der Waals surface area contributed by atoms with Gasteiger partial charge in [-0.1, -0.05) is 11.3 Å². The van der Waals surface area contributed by atoms with Gasteiger partial charge in [0.05, 0.1) is 23.7 Å². The van der Waals surface area contributed by atoms with Crippen molar-refractivity contribution in [2.75, 3.05) is 13.7 Å². The summed E-state index contributed by atoms with van der Waals surface area (Å²) in [6.07, 6.45) is 0.660. The topological polar surface area (TPSA) is 104 Å². The number of rotatable bonds is 5. The largest absolute Gasteiger partial charge is 0.496 e. The average Bonchev–Trinajstić information content (AvgIpc) is 2.86. The number of aromatic nitrogens is 2. The van der Waals surface area contributed by atoms with Crippen LogP contribution in [0.4, 0.5) is 5.69 Å².